The van der Waals surface area contributed by atoms with Gasteiger partial charge in [-0.05, 0) is 26.3 Å². The number of anilines is 1. The van der Waals surface area contributed by atoms with Crippen LogP contribution in [0.3, 0.4) is 0 Å². The molecule has 3 heterocycles. The van der Waals surface area contributed by atoms with Gasteiger partial charge in [0.2, 0.25) is 5.95 Å². The normalized spacial score (nSPS) is 21.9. The van der Waals surface area contributed by atoms with E-state index in [0.29, 0.717) is 25.5 Å². The Morgan fingerprint density at radius 1 is 1.30 bits per heavy atom. The monoisotopic (exact) mass is 410 g/mol. The van der Waals surface area contributed by atoms with Crippen molar-refractivity contribution in [2.24, 2.45) is 0 Å². The van der Waals surface area contributed by atoms with Crippen LogP contribution in [0.4, 0.5) is 5.95 Å². The summed E-state index contributed by atoms with van der Waals surface area (Å²) in [4.78, 5) is 25.0. The highest BCUT2D eigenvalue weighted by molar-refractivity contribution is 5.36. The largest absolute Gasteiger partial charge is 0.489 e. The third-order valence-electron chi connectivity index (χ3n) is 5.58. The van der Waals surface area contributed by atoms with Gasteiger partial charge in [0, 0.05) is 43.9 Å². The maximum absolute atomic E-state index is 12.7. The summed E-state index contributed by atoms with van der Waals surface area (Å²) >= 11 is 0. The molecule has 2 aliphatic rings. The summed E-state index contributed by atoms with van der Waals surface area (Å²) in [5.74, 6) is 1.52. The van der Waals surface area contributed by atoms with Gasteiger partial charge in [0.05, 0.1) is 17.9 Å². The first-order valence-corrected chi connectivity index (χ1v) is 10.6. The van der Waals surface area contributed by atoms with E-state index in [9.17, 15) is 4.79 Å². The fraction of sp³-hybridized carbons (Fsp3) is 0.478. The Kier molecular flexibility index (Phi) is 6.20. The maximum Gasteiger partial charge on any atom is 0.255 e. The molecule has 2 unspecified atom stereocenters. The van der Waals surface area contributed by atoms with Crippen LogP contribution < -0.4 is 15.2 Å². The van der Waals surface area contributed by atoms with Gasteiger partial charge in [-0.15, -0.1) is 0 Å². The number of nitrogens with one attached hydrogen (secondary N) is 1. The Hall–Kier alpha value is -2.64. The molecule has 160 valence electrons. The van der Waals surface area contributed by atoms with Crippen molar-refractivity contribution in [2.45, 2.75) is 45.6 Å². The summed E-state index contributed by atoms with van der Waals surface area (Å²) in [5.41, 5.74) is 2.79. The second kappa shape index (κ2) is 9.02. The van der Waals surface area contributed by atoms with E-state index in [1.54, 1.807) is 6.08 Å². The van der Waals surface area contributed by atoms with Crippen molar-refractivity contribution in [1.82, 2.24) is 14.9 Å². The van der Waals surface area contributed by atoms with Crippen LogP contribution in [0.15, 0.2) is 41.7 Å². The molecule has 2 atom stereocenters. The lowest BCUT2D eigenvalue weighted by molar-refractivity contribution is -0.00576. The highest BCUT2D eigenvalue weighted by Crippen LogP contribution is 2.24. The molecule has 1 aromatic heterocycles. The molecular formula is C23H30N4O3. The summed E-state index contributed by atoms with van der Waals surface area (Å²) in [6.07, 6.45) is 2.67. The van der Waals surface area contributed by atoms with E-state index < -0.39 is 0 Å². The van der Waals surface area contributed by atoms with E-state index in [1.165, 1.54) is 0 Å². The van der Waals surface area contributed by atoms with Gasteiger partial charge in [0.15, 0.2) is 0 Å². The van der Waals surface area contributed by atoms with Gasteiger partial charge in [-0.3, -0.25) is 14.7 Å². The first-order valence-electron chi connectivity index (χ1n) is 10.6. The number of benzene rings is 1. The molecule has 0 bridgehead atoms. The lowest BCUT2D eigenvalue weighted by Crippen LogP contribution is -2.47. The molecule has 30 heavy (non-hydrogen) atoms. The molecule has 1 fully saturated rings. The second-order valence-electron chi connectivity index (χ2n) is 8.15. The van der Waals surface area contributed by atoms with Crippen LogP contribution in [0.2, 0.25) is 0 Å². The highest BCUT2D eigenvalue weighted by atomic mass is 16.5. The third kappa shape index (κ3) is 4.57. The van der Waals surface area contributed by atoms with Crippen molar-refractivity contribution in [3.63, 3.8) is 0 Å². The predicted molar refractivity (Wildman–Crippen MR) is 117 cm³/mol. The first kappa shape index (κ1) is 20.6. The lowest BCUT2D eigenvalue weighted by Gasteiger charge is -2.36. The number of hydrogen-bond acceptors (Lipinski definition) is 6. The Labute approximate surface area is 177 Å². The number of aromatic nitrogens is 2. The highest BCUT2D eigenvalue weighted by Gasteiger charge is 2.27. The number of rotatable bonds is 6. The Morgan fingerprint density at radius 2 is 2.07 bits per heavy atom. The van der Waals surface area contributed by atoms with Crippen LogP contribution in [0.25, 0.3) is 0 Å². The van der Waals surface area contributed by atoms with Gasteiger partial charge >= 0.3 is 0 Å². The minimum absolute atomic E-state index is 0.0174. The molecule has 1 N–H and O–H groups in total. The summed E-state index contributed by atoms with van der Waals surface area (Å²) in [7, 11) is 0. The molecule has 2 aromatic rings. The van der Waals surface area contributed by atoms with Crippen LogP contribution in [0.5, 0.6) is 5.75 Å². The van der Waals surface area contributed by atoms with Gasteiger partial charge in [-0.2, -0.15) is 0 Å². The van der Waals surface area contributed by atoms with E-state index in [4.69, 9.17) is 14.5 Å². The summed E-state index contributed by atoms with van der Waals surface area (Å²) in [6, 6.07) is 8.07. The van der Waals surface area contributed by atoms with Crippen molar-refractivity contribution in [2.75, 3.05) is 31.1 Å². The average Bonchev–Trinajstić information content (AvgIpc) is 2.72. The minimum atomic E-state index is -0.0174. The van der Waals surface area contributed by atoms with Crippen molar-refractivity contribution in [3.8, 4) is 5.75 Å². The van der Waals surface area contributed by atoms with E-state index in [1.807, 2.05) is 32.0 Å². The molecule has 0 saturated carbocycles. The number of nitrogens with zero attached hydrogens (tertiary/aromatic N) is 3. The van der Waals surface area contributed by atoms with Crippen LogP contribution in [0, 0.1) is 0 Å². The second-order valence-corrected chi connectivity index (χ2v) is 8.15. The fourth-order valence-corrected chi connectivity index (χ4v) is 4.28. The molecule has 7 heteroatoms. The van der Waals surface area contributed by atoms with E-state index in [0.717, 1.165) is 48.7 Å². The van der Waals surface area contributed by atoms with Crippen molar-refractivity contribution in [3.05, 3.63) is 64.1 Å². The Bertz CT molecular complexity index is 948. The van der Waals surface area contributed by atoms with E-state index >= 15 is 0 Å². The average molecular weight is 411 g/mol. The summed E-state index contributed by atoms with van der Waals surface area (Å²) < 4.78 is 11.6. The quantitative estimate of drug-likeness (QED) is 0.738. The molecule has 1 saturated heterocycles. The van der Waals surface area contributed by atoms with Gasteiger partial charge in [0.25, 0.3) is 5.56 Å². The number of H-pyrrole nitrogens is 1. The SMILES string of the molecule is C=CCOc1ccccc1CN1CCc2c(nc(N3CC(C)OC(C)C3)[nH]c2=O)C1. The zero-order chi connectivity index (χ0) is 21.1. The van der Waals surface area contributed by atoms with Gasteiger partial charge in [-0.1, -0.05) is 30.9 Å². The Balaban J connectivity index is 1.53. The Morgan fingerprint density at radius 3 is 2.83 bits per heavy atom. The molecule has 0 aliphatic carbocycles. The van der Waals surface area contributed by atoms with Crippen LogP contribution in [0.1, 0.15) is 30.7 Å². The topological polar surface area (TPSA) is 70.7 Å². The molecule has 0 amide bonds. The zero-order valence-electron chi connectivity index (χ0n) is 17.8. The molecule has 0 spiro atoms. The standard InChI is InChI=1S/C23H30N4O3/c1-4-11-29-21-8-6-5-7-18(21)14-26-10-9-19-20(15-26)24-23(25-22(19)28)27-12-16(2)30-17(3)13-27/h4-8,16-17H,1,9-15H2,2-3H3,(H,24,25,28). The molecule has 0 radical (unpaired) electrons. The lowest BCUT2D eigenvalue weighted by atomic mass is 10.1. The smallest absolute Gasteiger partial charge is 0.255 e. The number of fused-ring (bicyclic) bond motifs is 1. The van der Waals surface area contributed by atoms with E-state index in [-0.39, 0.29) is 17.8 Å². The summed E-state index contributed by atoms with van der Waals surface area (Å²) in [6.45, 7) is 12.0. The third-order valence-corrected chi connectivity index (χ3v) is 5.58. The molecule has 2 aliphatic heterocycles. The zero-order valence-corrected chi connectivity index (χ0v) is 17.8. The fourth-order valence-electron chi connectivity index (χ4n) is 4.28. The molecule has 4 rings (SSSR count). The van der Waals surface area contributed by atoms with Gasteiger partial charge < -0.3 is 14.4 Å². The predicted octanol–water partition coefficient (Wildman–Crippen LogP) is 2.51. The van der Waals surface area contributed by atoms with Crippen molar-refractivity contribution in [1.29, 1.82) is 0 Å². The maximum atomic E-state index is 12.7. The van der Waals surface area contributed by atoms with Crippen LogP contribution in [-0.2, 0) is 24.2 Å². The van der Waals surface area contributed by atoms with E-state index in [2.05, 4.69) is 27.4 Å². The number of hydrogen-bond donors (Lipinski definition) is 1. The van der Waals surface area contributed by atoms with Crippen molar-refractivity contribution >= 4 is 5.95 Å². The summed E-state index contributed by atoms with van der Waals surface area (Å²) in [5, 5.41) is 0. The van der Waals surface area contributed by atoms with Gasteiger partial charge in [-0.25, -0.2) is 4.98 Å². The minimum Gasteiger partial charge on any atom is -0.489 e. The molecular weight excluding hydrogens is 380 g/mol. The number of morpholine rings is 1. The molecule has 1 aromatic carbocycles. The number of para-hydroxylation sites is 1. The number of aromatic amines is 1. The molecule has 7 nitrogen and oxygen atoms in total. The van der Waals surface area contributed by atoms with Crippen LogP contribution >= 0.6 is 0 Å². The van der Waals surface area contributed by atoms with Gasteiger partial charge in [0.1, 0.15) is 12.4 Å². The first-order chi connectivity index (χ1) is 14.5. The number of ether oxygens (including phenoxy) is 2. The van der Waals surface area contributed by atoms with Crippen molar-refractivity contribution < 1.29 is 9.47 Å². The van der Waals surface area contributed by atoms with Crippen LogP contribution in [-0.4, -0.2) is 53.3 Å².